The molecule has 0 aliphatic heterocycles. The van der Waals surface area contributed by atoms with Crippen LogP contribution in [0.2, 0.25) is 5.02 Å². The van der Waals surface area contributed by atoms with Crippen LogP contribution < -0.4 is 5.32 Å². The Hall–Kier alpha value is -0.910. The zero-order valence-corrected chi connectivity index (χ0v) is 13.1. The summed E-state index contributed by atoms with van der Waals surface area (Å²) in [6.07, 6.45) is 1.23. The van der Waals surface area contributed by atoms with Gasteiger partial charge in [0.15, 0.2) is 5.82 Å². The van der Waals surface area contributed by atoms with Crippen LogP contribution in [0.25, 0.3) is 0 Å². The first-order chi connectivity index (χ1) is 9.90. The van der Waals surface area contributed by atoms with Crippen molar-refractivity contribution in [2.45, 2.75) is 32.8 Å². The zero-order chi connectivity index (χ0) is 15.8. The molecule has 0 bridgehead atoms. The predicted octanol–water partition coefficient (Wildman–Crippen LogP) is 3.84. The third-order valence-corrected chi connectivity index (χ3v) is 3.20. The summed E-state index contributed by atoms with van der Waals surface area (Å²) in [5.74, 6) is -0.897. The molecular formula is C15H22ClF2NO2. The minimum atomic E-state index is -0.787. The van der Waals surface area contributed by atoms with Gasteiger partial charge in [0, 0.05) is 19.2 Å². The lowest BCUT2D eigenvalue weighted by Crippen LogP contribution is -2.25. The summed E-state index contributed by atoms with van der Waals surface area (Å²) < 4.78 is 31.7. The van der Waals surface area contributed by atoms with Crippen LogP contribution >= 0.6 is 11.6 Å². The number of rotatable bonds is 9. The fraction of sp³-hybridized carbons (Fsp3) is 0.600. The van der Waals surface area contributed by atoms with Crippen molar-refractivity contribution >= 4 is 17.3 Å². The molecule has 1 aromatic carbocycles. The van der Waals surface area contributed by atoms with Gasteiger partial charge in [0.25, 0.3) is 0 Å². The number of nitrogens with one attached hydrogen (secondary N) is 1. The van der Waals surface area contributed by atoms with Crippen molar-refractivity contribution in [3.63, 3.8) is 0 Å². The summed E-state index contributed by atoms with van der Waals surface area (Å²) in [5.41, 5.74) is -0.0167. The number of halogens is 3. The first-order valence-corrected chi connectivity index (χ1v) is 7.42. The topological polar surface area (TPSA) is 41.5 Å². The monoisotopic (exact) mass is 321 g/mol. The fourth-order valence-corrected chi connectivity index (χ4v) is 2.06. The quantitative estimate of drug-likeness (QED) is 0.679. The Morgan fingerprint density at radius 3 is 2.67 bits per heavy atom. The molecule has 120 valence electrons. The summed E-state index contributed by atoms with van der Waals surface area (Å²) >= 11 is 5.74. The van der Waals surface area contributed by atoms with E-state index >= 15 is 0 Å². The Balaban J connectivity index is 2.29. The molecule has 0 aliphatic rings. The molecule has 0 fully saturated rings. The van der Waals surface area contributed by atoms with Crippen molar-refractivity contribution in [2.75, 3.05) is 25.1 Å². The molecule has 0 amide bonds. The van der Waals surface area contributed by atoms with Crippen LogP contribution in [0.3, 0.4) is 0 Å². The molecule has 1 unspecified atom stereocenters. The van der Waals surface area contributed by atoms with E-state index in [4.69, 9.17) is 16.3 Å². The van der Waals surface area contributed by atoms with E-state index in [2.05, 4.69) is 19.2 Å². The summed E-state index contributed by atoms with van der Waals surface area (Å²) in [7, 11) is 0. The molecule has 0 radical (unpaired) electrons. The maximum absolute atomic E-state index is 13.5. The Labute approximate surface area is 129 Å². The van der Waals surface area contributed by atoms with Crippen molar-refractivity contribution in [3.8, 4) is 0 Å². The maximum atomic E-state index is 13.5. The molecule has 0 aromatic heterocycles. The smallest absolute Gasteiger partial charge is 0.150 e. The number of benzene rings is 1. The minimum Gasteiger partial charge on any atom is -0.389 e. The molecule has 0 heterocycles. The van der Waals surface area contributed by atoms with Crippen LogP contribution in [0, 0.1) is 17.6 Å². The molecule has 0 aliphatic carbocycles. The first-order valence-electron chi connectivity index (χ1n) is 7.04. The molecule has 6 heteroatoms. The van der Waals surface area contributed by atoms with Crippen molar-refractivity contribution in [1.82, 2.24) is 0 Å². The van der Waals surface area contributed by atoms with Crippen molar-refractivity contribution < 1.29 is 18.6 Å². The van der Waals surface area contributed by atoms with E-state index < -0.39 is 17.7 Å². The van der Waals surface area contributed by atoms with E-state index in [1.807, 2.05) is 0 Å². The van der Waals surface area contributed by atoms with Crippen LogP contribution in [0.15, 0.2) is 12.1 Å². The molecule has 2 N–H and O–H groups in total. The number of aliphatic hydroxyl groups excluding tert-OH is 1. The largest absolute Gasteiger partial charge is 0.389 e. The van der Waals surface area contributed by atoms with Gasteiger partial charge in [-0.05, 0) is 24.8 Å². The van der Waals surface area contributed by atoms with Crippen molar-refractivity contribution in [3.05, 3.63) is 28.8 Å². The fourth-order valence-electron chi connectivity index (χ4n) is 1.80. The first kappa shape index (κ1) is 18.1. The highest BCUT2D eigenvalue weighted by molar-refractivity contribution is 6.33. The lowest BCUT2D eigenvalue weighted by molar-refractivity contribution is 0.0409. The highest BCUT2D eigenvalue weighted by Crippen LogP contribution is 2.26. The van der Waals surface area contributed by atoms with E-state index in [1.54, 1.807) is 0 Å². The van der Waals surface area contributed by atoms with Crippen LogP contribution in [0.5, 0.6) is 0 Å². The van der Waals surface area contributed by atoms with Gasteiger partial charge in [0.2, 0.25) is 0 Å². The van der Waals surface area contributed by atoms with E-state index in [9.17, 15) is 13.9 Å². The second-order valence-electron chi connectivity index (χ2n) is 5.39. The summed E-state index contributed by atoms with van der Waals surface area (Å²) in [5, 5.41) is 12.3. The standard InChI is InChI=1S/C15H22ClF2NO2/c1-10(2)4-3-5-21-9-12(20)8-19-15-13(16)6-11(17)7-14(15)18/h6-7,10,12,19-20H,3-5,8-9H2,1-2H3. The van der Waals surface area contributed by atoms with E-state index in [0.717, 1.165) is 25.0 Å². The van der Waals surface area contributed by atoms with Gasteiger partial charge < -0.3 is 15.2 Å². The van der Waals surface area contributed by atoms with Gasteiger partial charge in [0.1, 0.15) is 5.82 Å². The predicted molar refractivity (Wildman–Crippen MR) is 80.8 cm³/mol. The van der Waals surface area contributed by atoms with Crippen molar-refractivity contribution in [2.24, 2.45) is 5.92 Å². The van der Waals surface area contributed by atoms with Gasteiger partial charge in [-0.1, -0.05) is 25.4 Å². The highest BCUT2D eigenvalue weighted by Gasteiger charge is 2.11. The average molecular weight is 322 g/mol. The second kappa shape index (κ2) is 9.18. The molecule has 1 rings (SSSR count). The lowest BCUT2D eigenvalue weighted by Gasteiger charge is -2.15. The van der Waals surface area contributed by atoms with Gasteiger partial charge in [-0.2, -0.15) is 0 Å². The minimum absolute atomic E-state index is 0.0167. The van der Waals surface area contributed by atoms with Gasteiger partial charge >= 0.3 is 0 Å². The molecule has 0 saturated heterocycles. The van der Waals surface area contributed by atoms with Crippen LogP contribution in [0.4, 0.5) is 14.5 Å². The third-order valence-electron chi connectivity index (χ3n) is 2.90. The SMILES string of the molecule is CC(C)CCCOCC(O)CNc1c(F)cc(F)cc1Cl. The summed E-state index contributed by atoms with van der Waals surface area (Å²) in [6, 6.07) is 1.75. The number of ether oxygens (including phenoxy) is 1. The van der Waals surface area contributed by atoms with E-state index in [0.29, 0.717) is 12.5 Å². The van der Waals surface area contributed by atoms with Gasteiger partial charge in [-0.3, -0.25) is 0 Å². The average Bonchev–Trinajstić information content (AvgIpc) is 2.36. The van der Waals surface area contributed by atoms with Gasteiger partial charge in [0.05, 0.1) is 23.4 Å². The molecule has 0 spiro atoms. The Kier molecular flexibility index (Phi) is 7.93. The number of hydrogen-bond acceptors (Lipinski definition) is 3. The number of aliphatic hydroxyl groups is 1. The molecular weight excluding hydrogens is 300 g/mol. The Bertz CT molecular complexity index is 421. The van der Waals surface area contributed by atoms with Crippen LogP contribution in [0.1, 0.15) is 26.7 Å². The van der Waals surface area contributed by atoms with E-state index in [-0.39, 0.29) is 23.9 Å². The molecule has 21 heavy (non-hydrogen) atoms. The summed E-state index contributed by atoms with van der Waals surface area (Å²) in [4.78, 5) is 0. The third kappa shape index (κ3) is 7.07. The van der Waals surface area contributed by atoms with Crippen molar-refractivity contribution in [1.29, 1.82) is 0 Å². The lowest BCUT2D eigenvalue weighted by atomic mass is 10.1. The van der Waals surface area contributed by atoms with Gasteiger partial charge in [-0.25, -0.2) is 8.78 Å². The number of anilines is 1. The normalized spacial score (nSPS) is 12.7. The highest BCUT2D eigenvalue weighted by atomic mass is 35.5. The molecule has 3 nitrogen and oxygen atoms in total. The number of hydrogen-bond donors (Lipinski definition) is 2. The van der Waals surface area contributed by atoms with Crippen LogP contribution in [-0.2, 0) is 4.74 Å². The molecule has 0 saturated carbocycles. The van der Waals surface area contributed by atoms with Gasteiger partial charge in [-0.15, -0.1) is 0 Å². The summed E-state index contributed by atoms with van der Waals surface area (Å²) in [6.45, 7) is 5.10. The second-order valence-corrected chi connectivity index (χ2v) is 5.80. The molecule has 1 aromatic rings. The Morgan fingerprint density at radius 2 is 2.05 bits per heavy atom. The van der Waals surface area contributed by atoms with E-state index in [1.165, 1.54) is 0 Å². The maximum Gasteiger partial charge on any atom is 0.150 e. The zero-order valence-electron chi connectivity index (χ0n) is 12.3. The molecule has 1 atom stereocenters. The Morgan fingerprint density at radius 1 is 1.33 bits per heavy atom. The van der Waals surface area contributed by atoms with Crippen LogP contribution in [-0.4, -0.2) is 31.0 Å².